The molecular weight excluding hydrogens is 204 g/mol. The summed E-state index contributed by atoms with van der Waals surface area (Å²) in [6, 6.07) is 0.299. The molecule has 2 N–H and O–H groups in total. The Morgan fingerprint density at radius 3 is 2.75 bits per heavy atom. The van der Waals surface area contributed by atoms with Gasteiger partial charge in [0.1, 0.15) is 0 Å². The molecular formula is C12H22N2O2. The summed E-state index contributed by atoms with van der Waals surface area (Å²) in [6.07, 6.45) is 5.00. The molecule has 1 aliphatic heterocycles. The van der Waals surface area contributed by atoms with E-state index in [1.807, 2.05) is 0 Å². The van der Waals surface area contributed by atoms with Crippen LogP contribution in [-0.2, 0) is 4.79 Å². The average molecular weight is 226 g/mol. The van der Waals surface area contributed by atoms with Crippen LogP contribution in [0.25, 0.3) is 0 Å². The lowest BCUT2D eigenvalue weighted by Gasteiger charge is -2.37. The number of carbonyl (C=O) groups excluding carboxylic acids is 1. The summed E-state index contributed by atoms with van der Waals surface area (Å²) in [6.45, 7) is 1.86. The van der Waals surface area contributed by atoms with Crippen molar-refractivity contribution in [2.24, 2.45) is 5.92 Å². The maximum atomic E-state index is 11.6. The van der Waals surface area contributed by atoms with Gasteiger partial charge < -0.3 is 10.4 Å². The zero-order valence-corrected chi connectivity index (χ0v) is 9.98. The van der Waals surface area contributed by atoms with Crippen LogP contribution in [0.4, 0.5) is 0 Å². The maximum Gasteiger partial charge on any atom is 0.224 e. The van der Waals surface area contributed by atoms with Crippen molar-refractivity contribution in [3.8, 4) is 0 Å². The predicted octanol–water partition coefficient (Wildman–Crippen LogP) is 0.358. The molecule has 4 nitrogen and oxygen atoms in total. The SMILES string of the molecule is CNC(=O)C1CCCN(C2CCCC2O)C1. The minimum atomic E-state index is -0.177. The minimum absolute atomic E-state index is 0.117. The summed E-state index contributed by atoms with van der Waals surface area (Å²) < 4.78 is 0. The Morgan fingerprint density at radius 2 is 2.12 bits per heavy atom. The topological polar surface area (TPSA) is 52.6 Å². The number of aliphatic hydroxyl groups is 1. The predicted molar refractivity (Wildman–Crippen MR) is 62.0 cm³/mol. The Morgan fingerprint density at radius 1 is 1.31 bits per heavy atom. The standard InChI is InChI=1S/C12H22N2O2/c1-13-12(16)9-4-3-7-14(8-9)10-5-2-6-11(10)15/h9-11,15H,2-8H2,1H3,(H,13,16). The minimum Gasteiger partial charge on any atom is -0.391 e. The third-order valence-electron chi connectivity index (χ3n) is 3.98. The van der Waals surface area contributed by atoms with Crippen LogP contribution in [0.15, 0.2) is 0 Å². The van der Waals surface area contributed by atoms with Crippen LogP contribution >= 0.6 is 0 Å². The Kier molecular flexibility index (Phi) is 3.82. The van der Waals surface area contributed by atoms with E-state index in [1.165, 1.54) is 0 Å². The smallest absolute Gasteiger partial charge is 0.224 e. The number of nitrogens with zero attached hydrogens (tertiary/aromatic N) is 1. The monoisotopic (exact) mass is 226 g/mol. The zero-order chi connectivity index (χ0) is 11.5. The molecule has 0 bridgehead atoms. The first-order valence-corrected chi connectivity index (χ1v) is 6.36. The second kappa shape index (κ2) is 5.15. The van der Waals surface area contributed by atoms with Crippen molar-refractivity contribution in [1.29, 1.82) is 0 Å². The summed E-state index contributed by atoms with van der Waals surface area (Å²) in [4.78, 5) is 13.9. The first-order valence-electron chi connectivity index (χ1n) is 6.36. The van der Waals surface area contributed by atoms with Gasteiger partial charge in [0.2, 0.25) is 5.91 Å². The Bertz CT molecular complexity index is 257. The van der Waals surface area contributed by atoms with Crippen LogP contribution in [0.5, 0.6) is 0 Å². The average Bonchev–Trinajstić information content (AvgIpc) is 2.74. The van der Waals surface area contributed by atoms with E-state index >= 15 is 0 Å². The van der Waals surface area contributed by atoms with Gasteiger partial charge in [-0.15, -0.1) is 0 Å². The van der Waals surface area contributed by atoms with Crippen LogP contribution < -0.4 is 5.32 Å². The van der Waals surface area contributed by atoms with Crippen molar-refractivity contribution in [3.63, 3.8) is 0 Å². The molecule has 16 heavy (non-hydrogen) atoms. The summed E-state index contributed by atoms with van der Waals surface area (Å²) in [5, 5.41) is 12.6. The van der Waals surface area contributed by atoms with E-state index in [0.29, 0.717) is 6.04 Å². The molecule has 1 amide bonds. The van der Waals surface area contributed by atoms with Crippen molar-refractivity contribution < 1.29 is 9.90 Å². The van der Waals surface area contributed by atoms with Crippen LogP contribution in [0, 0.1) is 5.92 Å². The number of carbonyl (C=O) groups is 1. The first kappa shape index (κ1) is 11.9. The number of hydrogen-bond donors (Lipinski definition) is 2. The highest BCUT2D eigenvalue weighted by molar-refractivity contribution is 5.78. The molecule has 0 aromatic heterocycles. The van der Waals surface area contributed by atoms with Gasteiger partial charge in [0.05, 0.1) is 12.0 Å². The molecule has 0 radical (unpaired) electrons. The van der Waals surface area contributed by atoms with E-state index in [9.17, 15) is 9.90 Å². The number of amides is 1. The lowest BCUT2D eigenvalue weighted by molar-refractivity contribution is -0.126. The number of likely N-dealkylation sites (tertiary alicyclic amines) is 1. The van der Waals surface area contributed by atoms with Crippen molar-refractivity contribution >= 4 is 5.91 Å². The lowest BCUT2D eigenvalue weighted by atomic mass is 9.95. The molecule has 3 unspecified atom stereocenters. The summed E-state index contributed by atoms with van der Waals surface area (Å²) in [5.74, 6) is 0.267. The van der Waals surface area contributed by atoms with Crippen molar-refractivity contribution in [1.82, 2.24) is 10.2 Å². The van der Waals surface area contributed by atoms with Gasteiger partial charge in [-0.3, -0.25) is 9.69 Å². The fourth-order valence-corrected chi connectivity index (χ4v) is 3.07. The third kappa shape index (κ3) is 2.38. The number of piperidine rings is 1. The highest BCUT2D eigenvalue weighted by Crippen LogP contribution is 2.28. The molecule has 0 aromatic rings. The van der Waals surface area contributed by atoms with E-state index in [1.54, 1.807) is 7.05 Å². The third-order valence-corrected chi connectivity index (χ3v) is 3.98. The van der Waals surface area contributed by atoms with Gasteiger partial charge in [-0.2, -0.15) is 0 Å². The summed E-state index contributed by atoms with van der Waals surface area (Å²) in [5.41, 5.74) is 0. The van der Waals surface area contributed by atoms with E-state index in [4.69, 9.17) is 0 Å². The highest BCUT2D eigenvalue weighted by Gasteiger charge is 2.34. The van der Waals surface area contributed by atoms with Gasteiger partial charge >= 0.3 is 0 Å². The molecule has 2 fully saturated rings. The van der Waals surface area contributed by atoms with Crippen LogP contribution in [0.1, 0.15) is 32.1 Å². The molecule has 92 valence electrons. The van der Waals surface area contributed by atoms with Gasteiger partial charge in [-0.1, -0.05) is 0 Å². The second-order valence-electron chi connectivity index (χ2n) is 5.01. The largest absolute Gasteiger partial charge is 0.391 e. The maximum absolute atomic E-state index is 11.6. The van der Waals surface area contributed by atoms with Gasteiger partial charge in [-0.05, 0) is 38.6 Å². The molecule has 2 rings (SSSR count). The molecule has 3 atom stereocenters. The molecule has 1 heterocycles. The molecule has 1 aliphatic carbocycles. The van der Waals surface area contributed by atoms with Gasteiger partial charge in [-0.25, -0.2) is 0 Å². The zero-order valence-electron chi connectivity index (χ0n) is 9.98. The second-order valence-corrected chi connectivity index (χ2v) is 5.01. The Balaban J connectivity index is 1.93. The van der Waals surface area contributed by atoms with Gasteiger partial charge in [0, 0.05) is 19.6 Å². The molecule has 2 aliphatic rings. The quantitative estimate of drug-likeness (QED) is 0.715. The number of aliphatic hydroxyl groups excluding tert-OH is 1. The van der Waals surface area contributed by atoms with Crippen LogP contribution in [-0.4, -0.2) is 48.2 Å². The van der Waals surface area contributed by atoms with Crippen molar-refractivity contribution in [2.75, 3.05) is 20.1 Å². The molecule has 1 saturated carbocycles. The van der Waals surface area contributed by atoms with Crippen molar-refractivity contribution in [3.05, 3.63) is 0 Å². The van der Waals surface area contributed by atoms with E-state index < -0.39 is 0 Å². The van der Waals surface area contributed by atoms with E-state index in [0.717, 1.165) is 45.2 Å². The Labute approximate surface area is 97.0 Å². The number of hydrogen-bond acceptors (Lipinski definition) is 3. The summed E-state index contributed by atoms with van der Waals surface area (Å²) in [7, 11) is 1.70. The van der Waals surface area contributed by atoms with Gasteiger partial charge in [0.15, 0.2) is 0 Å². The fraction of sp³-hybridized carbons (Fsp3) is 0.917. The fourth-order valence-electron chi connectivity index (χ4n) is 3.07. The normalized spacial score (nSPS) is 36.2. The first-order chi connectivity index (χ1) is 7.72. The molecule has 0 aromatic carbocycles. The number of nitrogens with one attached hydrogen (secondary N) is 1. The van der Waals surface area contributed by atoms with Gasteiger partial charge in [0.25, 0.3) is 0 Å². The van der Waals surface area contributed by atoms with Crippen LogP contribution in [0.3, 0.4) is 0 Å². The molecule has 1 saturated heterocycles. The Hall–Kier alpha value is -0.610. The highest BCUT2D eigenvalue weighted by atomic mass is 16.3. The van der Waals surface area contributed by atoms with E-state index in [2.05, 4.69) is 10.2 Å². The lowest BCUT2D eigenvalue weighted by Crippen LogP contribution is -2.49. The molecule has 4 heteroatoms. The van der Waals surface area contributed by atoms with Crippen LogP contribution in [0.2, 0.25) is 0 Å². The summed E-state index contributed by atoms with van der Waals surface area (Å²) >= 11 is 0. The van der Waals surface area contributed by atoms with Crippen molar-refractivity contribution in [2.45, 2.75) is 44.2 Å². The molecule has 0 spiro atoms. The number of rotatable bonds is 2. The van der Waals surface area contributed by atoms with E-state index in [-0.39, 0.29) is 17.9 Å².